The number of carbonyl (C=O) groups is 1. The highest BCUT2D eigenvalue weighted by atomic mass is 32.2. The summed E-state index contributed by atoms with van der Waals surface area (Å²) in [5.41, 5.74) is 7.22. The van der Waals surface area contributed by atoms with E-state index in [1.54, 1.807) is 19.1 Å². The Labute approximate surface area is 184 Å². The maximum atomic E-state index is 12.5. The Morgan fingerprint density at radius 1 is 1.10 bits per heavy atom. The summed E-state index contributed by atoms with van der Waals surface area (Å²) < 4.78 is 5.86. The molecule has 1 aromatic heterocycles. The zero-order chi connectivity index (χ0) is 22.3. The molecule has 2 heterocycles. The Balaban J connectivity index is 1.69. The van der Waals surface area contributed by atoms with Gasteiger partial charge in [-0.1, -0.05) is 6.07 Å². The van der Waals surface area contributed by atoms with Crippen molar-refractivity contribution in [2.24, 2.45) is 5.73 Å². The maximum Gasteiger partial charge on any atom is 0.253 e. The molecule has 2 unspecified atom stereocenters. The highest BCUT2D eigenvalue weighted by molar-refractivity contribution is 8.00. The fourth-order valence-corrected chi connectivity index (χ4v) is 5.43. The van der Waals surface area contributed by atoms with E-state index < -0.39 is 16.8 Å². The minimum absolute atomic E-state index is 0.203. The number of amides is 1. The summed E-state index contributed by atoms with van der Waals surface area (Å²) in [5.74, 6) is 2.05. The van der Waals surface area contributed by atoms with E-state index in [1.165, 1.54) is 0 Å². The quantitative estimate of drug-likeness (QED) is 0.481. The molecule has 2 atom stereocenters. The molecule has 0 spiro atoms. The van der Waals surface area contributed by atoms with Gasteiger partial charge in [0, 0.05) is 16.5 Å². The summed E-state index contributed by atoms with van der Waals surface area (Å²) in [6.45, 7) is 5.50. The van der Waals surface area contributed by atoms with Crippen molar-refractivity contribution in [3.63, 3.8) is 0 Å². The summed E-state index contributed by atoms with van der Waals surface area (Å²) in [6.07, 6.45) is 2.10. The van der Waals surface area contributed by atoms with E-state index >= 15 is 0 Å². The number of primary amides is 1. The topological polar surface area (TPSA) is 114 Å². The number of furan rings is 1. The lowest BCUT2D eigenvalue weighted by atomic mass is 10.0. The zero-order valence-electron chi connectivity index (χ0n) is 17.7. The smallest absolute Gasteiger partial charge is 0.253 e. The molecule has 162 valence electrons. The molecule has 3 aromatic rings. The molecule has 1 saturated heterocycles. The Kier molecular flexibility index (Phi) is 5.66. The van der Waals surface area contributed by atoms with Crippen LogP contribution in [0.4, 0.5) is 17.1 Å². The van der Waals surface area contributed by atoms with Gasteiger partial charge in [0.1, 0.15) is 22.9 Å². The number of hydrogen-bond donors (Lipinski definition) is 3. The predicted octanol–water partition coefficient (Wildman–Crippen LogP) is 3.69. The first-order valence-electron chi connectivity index (χ1n) is 10.2. The Hall–Kier alpha value is -3.00. The van der Waals surface area contributed by atoms with Gasteiger partial charge < -0.3 is 20.8 Å². The van der Waals surface area contributed by atoms with Crippen LogP contribution in [0.15, 0.2) is 38.3 Å². The van der Waals surface area contributed by atoms with Crippen LogP contribution in [0.3, 0.4) is 0 Å². The SMILES string of the molecule is Cc1ccc(C(Nc2c(Nc3c(C)ccc(C(N)=O)c3C)c(=O)c2=O)C2CCCS2)o1. The third kappa shape index (κ3) is 3.87. The van der Waals surface area contributed by atoms with Crippen LogP contribution >= 0.6 is 11.8 Å². The van der Waals surface area contributed by atoms with Crippen molar-refractivity contribution >= 4 is 34.7 Å². The first kappa shape index (κ1) is 21.2. The highest BCUT2D eigenvalue weighted by Crippen LogP contribution is 2.39. The number of anilines is 3. The van der Waals surface area contributed by atoms with Crippen LogP contribution in [0.1, 0.15) is 51.9 Å². The van der Waals surface area contributed by atoms with Crippen LogP contribution in [0.2, 0.25) is 0 Å². The van der Waals surface area contributed by atoms with E-state index in [1.807, 2.05) is 37.7 Å². The predicted molar refractivity (Wildman–Crippen MR) is 124 cm³/mol. The molecular weight excluding hydrogens is 414 g/mol. The summed E-state index contributed by atoms with van der Waals surface area (Å²) in [4.78, 5) is 36.6. The molecule has 0 aliphatic carbocycles. The van der Waals surface area contributed by atoms with Gasteiger partial charge in [-0.25, -0.2) is 0 Å². The minimum Gasteiger partial charge on any atom is -0.464 e. The van der Waals surface area contributed by atoms with Gasteiger partial charge >= 0.3 is 0 Å². The molecule has 1 amide bonds. The Bertz CT molecular complexity index is 1220. The number of nitrogens with two attached hydrogens (primary N) is 1. The van der Waals surface area contributed by atoms with Crippen LogP contribution in [0.5, 0.6) is 0 Å². The van der Waals surface area contributed by atoms with Gasteiger partial charge in [0.25, 0.3) is 10.9 Å². The molecule has 1 aliphatic heterocycles. The van der Waals surface area contributed by atoms with Crippen molar-refractivity contribution in [1.29, 1.82) is 0 Å². The number of carbonyl (C=O) groups excluding carboxylic acids is 1. The average molecular weight is 440 g/mol. The average Bonchev–Trinajstić information content (AvgIpc) is 3.41. The number of thioether (sulfide) groups is 1. The van der Waals surface area contributed by atoms with Gasteiger partial charge in [0.05, 0.1) is 6.04 Å². The zero-order valence-corrected chi connectivity index (χ0v) is 18.5. The van der Waals surface area contributed by atoms with Gasteiger partial charge in [-0.05, 0) is 68.7 Å². The number of rotatable bonds is 7. The van der Waals surface area contributed by atoms with E-state index in [2.05, 4.69) is 10.6 Å². The second kappa shape index (κ2) is 8.26. The molecule has 0 saturated carbocycles. The molecule has 4 rings (SSSR count). The lowest BCUT2D eigenvalue weighted by molar-refractivity contribution is 0.0999. The van der Waals surface area contributed by atoms with E-state index in [4.69, 9.17) is 10.2 Å². The maximum absolute atomic E-state index is 12.5. The summed E-state index contributed by atoms with van der Waals surface area (Å²) in [5, 5.41) is 6.63. The van der Waals surface area contributed by atoms with Gasteiger partial charge in [0.2, 0.25) is 5.91 Å². The molecule has 8 heteroatoms. The minimum atomic E-state index is -0.584. The monoisotopic (exact) mass is 439 g/mol. The van der Waals surface area contributed by atoms with Crippen molar-refractivity contribution < 1.29 is 9.21 Å². The van der Waals surface area contributed by atoms with Crippen molar-refractivity contribution in [2.45, 2.75) is 44.9 Å². The van der Waals surface area contributed by atoms with E-state index in [-0.39, 0.29) is 22.7 Å². The van der Waals surface area contributed by atoms with Crippen molar-refractivity contribution in [2.75, 3.05) is 16.4 Å². The molecule has 31 heavy (non-hydrogen) atoms. The lowest BCUT2D eigenvalue weighted by Crippen LogP contribution is -2.38. The second-order valence-electron chi connectivity index (χ2n) is 7.95. The molecule has 4 N–H and O–H groups in total. The third-order valence-corrected chi connectivity index (χ3v) is 7.26. The van der Waals surface area contributed by atoms with Crippen LogP contribution in [-0.4, -0.2) is 16.9 Å². The fourth-order valence-electron chi connectivity index (χ4n) is 4.07. The molecule has 0 bridgehead atoms. The van der Waals surface area contributed by atoms with Crippen LogP contribution in [-0.2, 0) is 0 Å². The molecule has 7 nitrogen and oxygen atoms in total. The highest BCUT2D eigenvalue weighted by Gasteiger charge is 2.33. The van der Waals surface area contributed by atoms with Gasteiger partial charge in [-0.2, -0.15) is 11.8 Å². The lowest BCUT2D eigenvalue weighted by Gasteiger charge is -2.26. The van der Waals surface area contributed by atoms with Crippen LogP contribution < -0.4 is 27.2 Å². The van der Waals surface area contributed by atoms with Crippen molar-refractivity contribution in [3.05, 3.63) is 72.9 Å². The first-order chi connectivity index (χ1) is 14.8. The van der Waals surface area contributed by atoms with Gasteiger partial charge in [-0.15, -0.1) is 0 Å². The molecule has 1 aliphatic rings. The number of aryl methyl sites for hydroxylation is 2. The number of hydrogen-bond acceptors (Lipinski definition) is 7. The van der Waals surface area contributed by atoms with E-state index in [9.17, 15) is 14.4 Å². The van der Waals surface area contributed by atoms with Crippen molar-refractivity contribution in [3.8, 4) is 0 Å². The van der Waals surface area contributed by atoms with Gasteiger partial charge in [0.15, 0.2) is 0 Å². The van der Waals surface area contributed by atoms with Crippen LogP contribution in [0, 0.1) is 20.8 Å². The Morgan fingerprint density at radius 2 is 1.84 bits per heavy atom. The molecule has 0 radical (unpaired) electrons. The van der Waals surface area contributed by atoms with Crippen LogP contribution in [0.25, 0.3) is 0 Å². The second-order valence-corrected chi connectivity index (χ2v) is 9.30. The normalized spacial score (nSPS) is 17.1. The Morgan fingerprint density at radius 3 is 2.45 bits per heavy atom. The molecular formula is C23H25N3O4S. The van der Waals surface area contributed by atoms with E-state index in [0.717, 1.165) is 35.7 Å². The summed E-state index contributed by atoms with van der Waals surface area (Å²) in [6, 6.07) is 7.01. The summed E-state index contributed by atoms with van der Waals surface area (Å²) >= 11 is 1.84. The number of nitrogens with one attached hydrogen (secondary N) is 2. The number of benzene rings is 1. The fraction of sp³-hybridized carbons (Fsp3) is 0.348. The van der Waals surface area contributed by atoms with Gasteiger partial charge in [-0.3, -0.25) is 14.4 Å². The third-order valence-electron chi connectivity index (χ3n) is 5.80. The summed E-state index contributed by atoms with van der Waals surface area (Å²) in [7, 11) is 0. The van der Waals surface area contributed by atoms with E-state index in [0.29, 0.717) is 16.8 Å². The first-order valence-corrected chi connectivity index (χ1v) is 11.3. The molecule has 2 aromatic carbocycles. The van der Waals surface area contributed by atoms with Crippen molar-refractivity contribution in [1.82, 2.24) is 0 Å². The standard InChI is InChI=1S/C23H25N3O4S/c1-11-6-8-14(23(24)29)13(3)17(11)25-19-20(22(28)21(19)27)26-18(16-5-4-10-31-16)15-9-7-12(2)30-15/h6-9,16,18,25-26H,4-5,10H2,1-3H3,(H2,24,29). The molecule has 1 fully saturated rings. The largest absolute Gasteiger partial charge is 0.464 e.